The molecule has 1 aromatic rings. The van der Waals surface area contributed by atoms with Gasteiger partial charge in [0, 0.05) is 6.54 Å². The number of hydrogen-bond donors (Lipinski definition) is 1. The molecule has 1 fully saturated rings. The summed E-state index contributed by atoms with van der Waals surface area (Å²) in [6.07, 6.45) is 3.62. The molecule has 0 spiro atoms. The average molecular weight is 266 g/mol. The van der Waals surface area contributed by atoms with Crippen LogP contribution >= 0.6 is 0 Å². The number of likely N-dealkylation sites (tertiary alicyclic amines) is 1. The van der Waals surface area contributed by atoms with E-state index in [-0.39, 0.29) is 5.69 Å². The van der Waals surface area contributed by atoms with Crippen LogP contribution in [0.1, 0.15) is 35.6 Å². The molecular formula is C13H22N4O2. The van der Waals surface area contributed by atoms with E-state index >= 15 is 0 Å². The molecule has 0 aromatic carbocycles. The second-order valence-electron chi connectivity index (χ2n) is 4.94. The van der Waals surface area contributed by atoms with E-state index in [4.69, 9.17) is 5.73 Å². The lowest BCUT2D eigenvalue weighted by Crippen LogP contribution is -2.22. The Morgan fingerprint density at radius 1 is 1.37 bits per heavy atom. The minimum absolute atomic E-state index is 0.223. The van der Waals surface area contributed by atoms with Gasteiger partial charge < -0.3 is 19.9 Å². The molecule has 1 saturated heterocycles. The Bertz CT molecular complexity index is 450. The molecule has 0 atom stereocenters. The van der Waals surface area contributed by atoms with Gasteiger partial charge in [-0.2, -0.15) is 0 Å². The minimum Gasteiger partial charge on any atom is -0.464 e. The highest BCUT2D eigenvalue weighted by Crippen LogP contribution is 2.16. The molecule has 2 rings (SSSR count). The molecule has 2 N–H and O–H groups in total. The number of nitrogens with two attached hydrogens (primary N) is 1. The summed E-state index contributed by atoms with van der Waals surface area (Å²) in [5, 5.41) is 0. The third-order valence-corrected chi connectivity index (χ3v) is 3.63. The van der Waals surface area contributed by atoms with Crippen LogP contribution in [0.15, 0.2) is 0 Å². The van der Waals surface area contributed by atoms with Gasteiger partial charge in [0.1, 0.15) is 11.6 Å². The van der Waals surface area contributed by atoms with Crippen molar-refractivity contribution in [2.24, 2.45) is 0 Å². The highest BCUT2D eigenvalue weighted by atomic mass is 16.5. The molecule has 106 valence electrons. The summed E-state index contributed by atoms with van der Waals surface area (Å²) in [4.78, 5) is 18.1. The number of anilines is 1. The maximum absolute atomic E-state index is 11.5. The van der Waals surface area contributed by atoms with Crippen LogP contribution in [0.3, 0.4) is 0 Å². The minimum atomic E-state index is -0.473. The Labute approximate surface area is 113 Å². The lowest BCUT2D eigenvalue weighted by molar-refractivity contribution is 0.0595. The van der Waals surface area contributed by atoms with Crippen LogP contribution in [-0.4, -0.2) is 47.2 Å². The Balaban J connectivity index is 1.95. The largest absolute Gasteiger partial charge is 0.464 e. The van der Waals surface area contributed by atoms with E-state index in [1.165, 1.54) is 33.0 Å². The van der Waals surface area contributed by atoms with E-state index in [0.717, 1.165) is 25.3 Å². The zero-order valence-corrected chi connectivity index (χ0v) is 11.7. The van der Waals surface area contributed by atoms with Crippen molar-refractivity contribution in [2.75, 3.05) is 32.5 Å². The van der Waals surface area contributed by atoms with Crippen LogP contribution in [0.4, 0.5) is 5.82 Å². The predicted molar refractivity (Wildman–Crippen MR) is 73.0 cm³/mol. The van der Waals surface area contributed by atoms with E-state index in [0.29, 0.717) is 5.82 Å². The second kappa shape index (κ2) is 6.06. The number of esters is 1. The van der Waals surface area contributed by atoms with Gasteiger partial charge in [0.05, 0.1) is 7.11 Å². The average Bonchev–Trinajstić information content (AvgIpc) is 3.00. The van der Waals surface area contributed by atoms with E-state index in [1.54, 1.807) is 0 Å². The molecule has 6 heteroatoms. The molecule has 1 aliphatic heterocycles. The van der Waals surface area contributed by atoms with Crippen LogP contribution < -0.4 is 5.73 Å². The molecular weight excluding hydrogens is 244 g/mol. The number of rotatable bonds is 5. The lowest BCUT2D eigenvalue weighted by Gasteiger charge is -2.15. The molecule has 0 aliphatic carbocycles. The van der Waals surface area contributed by atoms with Gasteiger partial charge in [0.15, 0.2) is 5.69 Å². The molecule has 0 amide bonds. The Hall–Kier alpha value is -1.56. The topological polar surface area (TPSA) is 73.4 Å². The van der Waals surface area contributed by atoms with Crippen molar-refractivity contribution in [3.63, 3.8) is 0 Å². The maximum Gasteiger partial charge on any atom is 0.360 e. The quantitative estimate of drug-likeness (QED) is 0.806. The van der Waals surface area contributed by atoms with Crippen molar-refractivity contribution in [2.45, 2.75) is 32.7 Å². The van der Waals surface area contributed by atoms with Gasteiger partial charge in [0.2, 0.25) is 0 Å². The van der Waals surface area contributed by atoms with Crippen LogP contribution in [0.25, 0.3) is 0 Å². The summed E-state index contributed by atoms with van der Waals surface area (Å²) in [6, 6.07) is 0. The number of ether oxygens (including phenoxy) is 1. The first-order valence-electron chi connectivity index (χ1n) is 6.76. The van der Waals surface area contributed by atoms with E-state index in [2.05, 4.69) is 14.6 Å². The first-order valence-corrected chi connectivity index (χ1v) is 6.76. The van der Waals surface area contributed by atoms with Crippen molar-refractivity contribution < 1.29 is 9.53 Å². The number of nitrogens with zero attached hydrogens (tertiary/aromatic N) is 3. The summed E-state index contributed by atoms with van der Waals surface area (Å²) in [6.45, 7) is 6.12. The second-order valence-corrected chi connectivity index (χ2v) is 4.94. The SMILES string of the molecule is COC(=O)c1nc(C)n(CCCN2CCCC2)c1N. The summed E-state index contributed by atoms with van der Waals surface area (Å²) >= 11 is 0. The molecule has 0 radical (unpaired) electrons. The molecule has 1 aromatic heterocycles. The van der Waals surface area contributed by atoms with E-state index in [1.807, 2.05) is 11.5 Å². The monoisotopic (exact) mass is 266 g/mol. The van der Waals surface area contributed by atoms with Gasteiger partial charge in [0.25, 0.3) is 0 Å². The Morgan fingerprint density at radius 2 is 2.05 bits per heavy atom. The van der Waals surface area contributed by atoms with Crippen LogP contribution in [0, 0.1) is 6.92 Å². The van der Waals surface area contributed by atoms with Crippen LogP contribution in [-0.2, 0) is 11.3 Å². The number of aryl methyl sites for hydroxylation is 1. The fraction of sp³-hybridized carbons (Fsp3) is 0.692. The normalized spacial score (nSPS) is 15.9. The van der Waals surface area contributed by atoms with Gasteiger partial charge in [-0.1, -0.05) is 0 Å². The summed E-state index contributed by atoms with van der Waals surface area (Å²) in [7, 11) is 1.34. The van der Waals surface area contributed by atoms with Gasteiger partial charge >= 0.3 is 5.97 Å². The van der Waals surface area contributed by atoms with Crippen molar-refractivity contribution in [1.29, 1.82) is 0 Å². The summed E-state index contributed by atoms with van der Waals surface area (Å²) in [5.41, 5.74) is 6.18. The van der Waals surface area contributed by atoms with Crippen LogP contribution in [0.5, 0.6) is 0 Å². The summed E-state index contributed by atoms with van der Waals surface area (Å²) < 4.78 is 6.56. The number of aromatic nitrogens is 2. The lowest BCUT2D eigenvalue weighted by atomic mass is 10.3. The zero-order chi connectivity index (χ0) is 13.8. The first kappa shape index (κ1) is 13.9. The van der Waals surface area contributed by atoms with Gasteiger partial charge in [-0.25, -0.2) is 9.78 Å². The predicted octanol–water partition coefficient (Wildman–Crippen LogP) is 1.05. The number of methoxy groups -OCH3 is 1. The molecule has 0 bridgehead atoms. The third kappa shape index (κ3) is 3.07. The molecule has 1 aliphatic rings. The fourth-order valence-electron chi connectivity index (χ4n) is 2.57. The molecule has 0 saturated carbocycles. The third-order valence-electron chi connectivity index (χ3n) is 3.63. The smallest absolute Gasteiger partial charge is 0.360 e. The maximum atomic E-state index is 11.5. The van der Waals surface area contributed by atoms with E-state index < -0.39 is 5.97 Å². The Morgan fingerprint density at radius 3 is 2.68 bits per heavy atom. The highest BCUT2D eigenvalue weighted by Gasteiger charge is 2.19. The number of nitrogen functional groups attached to an aromatic ring is 1. The van der Waals surface area contributed by atoms with Gasteiger partial charge in [-0.15, -0.1) is 0 Å². The molecule has 2 heterocycles. The number of carbonyl (C=O) groups is 1. The first-order chi connectivity index (χ1) is 9.13. The van der Waals surface area contributed by atoms with Gasteiger partial charge in [-0.3, -0.25) is 0 Å². The number of carbonyl (C=O) groups excluding carboxylic acids is 1. The molecule has 6 nitrogen and oxygen atoms in total. The van der Waals surface area contributed by atoms with Gasteiger partial charge in [-0.05, 0) is 45.8 Å². The van der Waals surface area contributed by atoms with E-state index in [9.17, 15) is 4.79 Å². The van der Waals surface area contributed by atoms with Crippen molar-refractivity contribution >= 4 is 11.8 Å². The zero-order valence-electron chi connectivity index (χ0n) is 11.7. The fourth-order valence-corrected chi connectivity index (χ4v) is 2.57. The number of hydrogen-bond acceptors (Lipinski definition) is 5. The molecule has 0 unspecified atom stereocenters. The Kier molecular flexibility index (Phi) is 4.42. The highest BCUT2D eigenvalue weighted by molar-refractivity contribution is 5.92. The standard InChI is InChI=1S/C13H22N4O2/c1-10-15-11(13(18)19-2)12(14)17(10)9-5-8-16-6-3-4-7-16/h3-9,14H2,1-2H3. The summed E-state index contributed by atoms with van der Waals surface area (Å²) in [5.74, 6) is 0.698. The molecule has 19 heavy (non-hydrogen) atoms. The van der Waals surface area contributed by atoms with Crippen molar-refractivity contribution in [1.82, 2.24) is 14.5 Å². The van der Waals surface area contributed by atoms with Crippen LogP contribution in [0.2, 0.25) is 0 Å². The number of imidazole rings is 1. The van der Waals surface area contributed by atoms with Crippen molar-refractivity contribution in [3.8, 4) is 0 Å². The van der Waals surface area contributed by atoms with Crippen molar-refractivity contribution in [3.05, 3.63) is 11.5 Å².